The highest BCUT2D eigenvalue weighted by molar-refractivity contribution is 5.94. The molecule has 192 valence electrons. The highest BCUT2D eigenvalue weighted by atomic mass is 16.6. The molecule has 1 aliphatic rings. The number of aromatic nitrogens is 1. The second-order valence-electron chi connectivity index (χ2n) is 9.08. The van der Waals surface area contributed by atoms with Crippen LogP contribution in [-0.2, 0) is 0 Å². The number of carbonyl (C=O) groups is 1. The van der Waals surface area contributed by atoms with Gasteiger partial charge in [0, 0.05) is 44.7 Å². The normalized spacial score (nSPS) is 19.8. The molecule has 0 aliphatic carbocycles. The summed E-state index contributed by atoms with van der Waals surface area (Å²) in [5.74, 6) is 0.631. The predicted octanol–water partition coefficient (Wildman–Crippen LogP) is 5.09. The number of amides is 1. The van der Waals surface area contributed by atoms with Crippen LogP contribution in [0, 0.1) is 5.21 Å². The van der Waals surface area contributed by atoms with Crippen molar-refractivity contribution in [2.75, 3.05) is 46.5 Å². The minimum absolute atomic E-state index is 0.0246. The minimum Gasteiger partial charge on any atom is -0.633 e. The van der Waals surface area contributed by atoms with Gasteiger partial charge in [-0.1, -0.05) is 38.6 Å². The first-order valence-corrected chi connectivity index (χ1v) is 12.2. The fourth-order valence-electron chi connectivity index (χ4n) is 4.22. The van der Waals surface area contributed by atoms with E-state index in [0.29, 0.717) is 31.0 Å². The number of hydrogen-bond donors (Lipinski definition) is 1. The Balaban J connectivity index is 0.00000222. The summed E-state index contributed by atoms with van der Waals surface area (Å²) in [6.45, 7) is 11.6. The third kappa shape index (κ3) is 7.47. The molecule has 0 bridgehead atoms. The van der Waals surface area contributed by atoms with Gasteiger partial charge in [-0.25, -0.2) is 4.98 Å². The molecule has 2 aromatic rings. The van der Waals surface area contributed by atoms with Crippen LogP contribution in [0.1, 0.15) is 48.2 Å². The van der Waals surface area contributed by atoms with E-state index in [9.17, 15) is 10.0 Å². The second kappa shape index (κ2) is 13.0. The van der Waals surface area contributed by atoms with E-state index in [4.69, 9.17) is 5.73 Å². The van der Waals surface area contributed by atoms with Crippen LogP contribution in [0.4, 0.5) is 5.82 Å². The summed E-state index contributed by atoms with van der Waals surface area (Å²) in [4.78, 5) is 21.8. The van der Waals surface area contributed by atoms with Gasteiger partial charge in [0.15, 0.2) is 0 Å². The number of nitrogens with zero attached hydrogens (tertiary/aromatic N) is 4. The minimum atomic E-state index is -0.266. The Morgan fingerprint density at radius 1 is 1.19 bits per heavy atom. The molecule has 0 unspecified atom stereocenters. The molecule has 3 rings (SSSR count). The monoisotopic (exact) mass is 489 g/mol. The molecular formula is C29H39N5O2. The summed E-state index contributed by atoms with van der Waals surface area (Å²) < 4.78 is -0.266. The number of allylic oxidation sites excluding steroid dienone is 4. The molecule has 1 saturated heterocycles. The average Bonchev–Trinajstić information content (AvgIpc) is 2.84. The summed E-state index contributed by atoms with van der Waals surface area (Å²) in [5.41, 5.74) is 11.0. The van der Waals surface area contributed by atoms with Crippen molar-refractivity contribution in [3.63, 3.8) is 0 Å². The molecule has 36 heavy (non-hydrogen) atoms. The maximum atomic E-state index is 13.2. The van der Waals surface area contributed by atoms with Crippen LogP contribution in [0.2, 0.25) is 0 Å². The Hall–Kier alpha value is -3.55. The van der Waals surface area contributed by atoms with Crippen molar-refractivity contribution in [1.29, 1.82) is 0 Å². The van der Waals surface area contributed by atoms with Gasteiger partial charge in [0.05, 0.1) is 19.0 Å². The van der Waals surface area contributed by atoms with Crippen molar-refractivity contribution < 1.29 is 9.44 Å². The molecule has 2 N–H and O–H groups in total. The van der Waals surface area contributed by atoms with Gasteiger partial charge >= 0.3 is 0 Å². The second-order valence-corrected chi connectivity index (χ2v) is 9.08. The van der Waals surface area contributed by atoms with E-state index < -0.39 is 0 Å². The van der Waals surface area contributed by atoms with Crippen LogP contribution in [0.5, 0.6) is 0 Å². The summed E-state index contributed by atoms with van der Waals surface area (Å²) >= 11 is 0. The van der Waals surface area contributed by atoms with Crippen LogP contribution in [0.25, 0.3) is 5.57 Å². The summed E-state index contributed by atoms with van der Waals surface area (Å²) in [7, 11) is 5.18. The molecule has 0 spiro atoms. The molecule has 0 atom stereocenters. The quantitative estimate of drug-likeness (QED) is 0.242. The summed E-state index contributed by atoms with van der Waals surface area (Å²) in [6, 6.07) is 11.2. The van der Waals surface area contributed by atoms with Crippen molar-refractivity contribution in [2.24, 2.45) is 4.99 Å². The van der Waals surface area contributed by atoms with E-state index in [0.717, 1.165) is 27.8 Å². The van der Waals surface area contributed by atoms with Gasteiger partial charge in [-0.05, 0) is 59.5 Å². The Kier molecular flexibility index (Phi) is 10.3. The SMILES string of the molecule is C=C(/C=C(\C)C[N+]1([O-])CC(c2ccc(C(=O)N(C)C)cc2)C1)/C(=C\C=NC)c1ccc(N)nc1.CC. The maximum absolute atomic E-state index is 13.2. The summed E-state index contributed by atoms with van der Waals surface area (Å²) in [5, 5.41) is 13.2. The number of benzene rings is 1. The van der Waals surface area contributed by atoms with Gasteiger partial charge < -0.3 is 20.5 Å². The van der Waals surface area contributed by atoms with Gasteiger partial charge in [-0.15, -0.1) is 0 Å². The first-order valence-electron chi connectivity index (χ1n) is 12.2. The van der Waals surface area contributed by atoms with Crippen molar-refractivity contribution in [1.82, 2.24) is 9.88 Å². The first kappa shape index (κ1) is 28.7. The molecule has 7 nitrogen and oxygen atoms in total. The van der Waals surface area contributed by atoms with Crippen molar-refractivity contribution in [3.05, 3.63) is 94.4 Å². The Morgan fingerprint density at radius 2 is 1.81 bits per heavy atom. The zero-order valence-electron chi connectivity index (χ0n) is 22.4. The number of anilines is 1. The predicted molar refractivity (Wildman–Crippen MR) is 151 cm³/mol. The molecule has 7 heteroatoms. The molecule has 1 aromatic carbocycles. The van der Waals surface area contributed by atoms with Gasteiger partial charge in [-0.3, -0.25) is 9.79 Å². The van der Waals surface area contributed by atoms with E-state index in [1.165, 1.54) is 0 Å². The van der Waals surface area contributed by atoms with Gasteiger partial charge in [0.1, 0.15) is 12.4 Å². The largest absolute Gasteiger partial charge is 0.633 e. The zero-order chi connectivity index (χ0) is 26.9. The Morgan fingerprint density at radius 3 is 2.33 bits per heavy atom. The molecule has 0 radical (unpaired) electrons. The third-order valence-corrected chi connectivity index (χ3v) is 5.93. The van der Waals surface area contributed by atoms with E-state index >= 15 is 0 Å². The number of nitrogen functional groups attached to an aromatic ring is 1. The lowest BCUT2D eigenvalue weighted by Gasteiger charge is -2.54. The molecule has 1 aromatic heterocycles. The molecule has 1 amide bonds. The van der Waals surface area contributed by atoms with Crippen molar-refractivity contribution in [2.45, 2.75) is 26.7 Å². The zero-order valence-corrected chi connectivity index (χ0v) is 22.4. The van der Waals surface area contributed by atoms with E-state index in [1.54, 1.807) is 44.5 Å². The van der Waals surface area contributed by atoms with Crippen LogP contribution in [-0.4, -0.2) is 67.4 Å². The number of carbonyl (C=O) groups excluding carboxylic acids is 1. The lowest BCUT2D eigenvalue weighted by Crippen LogP contribution is -2.58. The number of aliphatic imine (C=N–C) groups is 1. The molecule has 0 saturated carbocycles. The van der Waals surface area contributed by atoms with Crippen LogP contribution < -0.4 is 5.73 Å². The highest BCUT2D eigenvalue weighted by Gasteiger charge is 2.38. The first-order chi connectivity index (χ1) is 17.1. The fourth-order valence-corrected chi connectivity index (χ4v) is 4.22. The van der Waals surface area contributed by atoms with Crippen LogP contribution >= 0.6 is 0 Å². The molecular weight excluding hydrogens is 450 g/mol. The number of nitrogens with two attached hydrogens (primary N) is 1. The highest BCUT2D eigenvalue weighted by Crippen LogP contribution is 2.34. The Labute approximate surface area is 215 Å². The third-order valence-electron chi connectivity index (χ3n) is 5.93. The van der Waals surface area contributed by atoms with Gasteiger partial charge in [0.25, 0.3) is 5.91 Å². The number of hydrogen-bond acceptors (Lipinski definition) is 5. The number of hydroxylamine groups is 3. The van der Waals surface area contributed by atoms with E-state index in [1.807, 2.05) is 63.3 Å². The van der Waals surface area contributed by atoms with Gasteiger partial charge in [-0.2, -0.15) is 0 Å². The number of pyridine rings is 1. The van der Waals surface area contributed by atoms with Crippen molar-refractivity contribution >= 4 is 23.5 Å². The lowest BCUT2D eigenvalue weighted by atomic mass is 9.89. The number of quaternary nitrogens is 1. The van der Waals surface area contributed by atoms with Crippen LogP contribution in [0.15, 0.2) is 77.5 Å². The lowest BCUT2D eigenvalue weighted by molar-refractivity contribution is -0.918. The number of rotatable bonds is 8. The fraction of sp³-hybridized carbons (Fsp3) is 0.345. The standard InChI is InChI=1S/C27H33N5O2.C2H6/c1-19(14-20(2)25(12-13-29-3)23-10-11-26(28)30-15-23)16-32(34)17-24(18-32)21-6-8-22(9-7-21)27(33)31(4)5;1-2/h6-15,24H,2,16-18H2,1,3-5H3,(H2,28,30);1-2H3/b19-14+,25-12+,29-13?;. The smallest absolute Gasteiger partial charge is 0.253 e. The summed E-state index contributed by atoms with van der Waals surface area (Å²) in [6.07, 6.45) is 7.25. The molecule has 1 aliphatic heterocycles. The van der Waals surface area contributed by atoms with Crippen LogP contribution in [0.3, 0.4) is 0 Å². The maximum Gasteiger partial charge on any atom is 0.253 e. The van der Waals surface area contributed by atoms with Crippen molar-refractivity contribution in [3.8, 4) is 0 Å². The van der Waals surface area contributed by atoms with Gasteiger partial charge in [0.2, 0.25) is 0 Å². The van der Waals surface area contributed by atoms with E-state index in [2.05, 4.69) is 16.6 Å². The number of likely N-dealkylation sites (tertiary alicyclic amines) is 1. The van der Waals surface area contributed by atoms with E-state index in [-0.39, 0.29) is 16.5 Å². The molecule has 1 fully saturated rings. The Bertz CT molecular complexity index is 1120. The molecule has 2 heterocycles. The topological polar surface area (TPSA) is 94.6 Å². The average molecular weight is 490 g/mol.